The summed E-state index contributed by atoms with van der Waals surface area (Å²) in [7, 11) is 1.46. The first-order valence-corrected chi connectivity index (χ1v) is 6.05. The normalized spacial score (nSPS) is 12.2. The molecule has 0 aliphatic heterocycles. The van der Waals surface area contributed by atoms with E-state index in [4.69, 9.17) is 15.2 Å². The highest BCUT2D eigenvalue weighted by Crippen LogP contribution is 2.14. The van der Waals surface area contributed by atoms with Crippen LogP contribution in [-0.2, 0) is 16.1 Å². The molecule has 112 valence electrons. The van der Waals surface area contributed by atoms with E-state index in [0.717, 1.165) is 5.56 Å². The van der Waals surface area contributed by atoms with E-state index < -0.39 is 19.1 Å². The van der Waals surface area contributed by atoms with E-state index in [-0.39, 0.29) is 19.1 Å². The van der Waals surface area contributed by atoms with Crippen LogP contribution in [0.3, 0.4) is 0 Å². The molecule has 1 unspecified atom stereocenters. The first-order valence-electron chi connectivity index (χ1n) is 6.05. The maximum absolute atomic E-state index is 12.0. The van der Waals surface area contributed by atoms with Crippen LogP contribution in [0.15, 0.2) is 24.3 Å². The minimum absolute atomic E-state index is 0.128. The third-order valence-electron chi connectivity index (χ3n) is 2.42. The molecule has 1 rings (SSSR count). The second-order valence-corrected chi connectivity index (χ2v) is 4.13. The van der Waals surface area contributed by atoms with E-state index >= 15 is 0 Å². The molecule has 1 aromatic carbocycles. The number of nitrogens with one attached hydrogen (secondary N) is 1. The zero-order valence-corrected chi connectivity index (χ0v) is 11.1. The Morgan fingerprint density at radius 1 is 1.40 bits per heavy atom. The Bertz CT molecular complexity index is 430. The van der Waals surface area contributed by atoms with Crippen LogP contribution < -0.4 is 15.8 Å². The molecule has 0 aromatic heterocycles. The van der Waals surface area contributed by atoms with Crippen molar-refractivity contribution in [1.82, 2.24) is 5.32 Å². The summed E-state index contributed by atoms with van der Waals surface area (Å²) < 4.78 is 33.7. The summed E-state index contributed by atoms with van der Waals surface area (Å²) in [6.07, 6.45) is -2.52. The van der Waals surface area contributed by atoms with Crippen LogP contribution in [0.4, 0.5) is 8.78 Å². The van der Waals surface area contributed by atoms with Gasteiger partial charge in [0, 0.05) is 13.7 Å². The van der Waals surface area contributed by atoms with Crippen molar-refractivity contribution in [3.8, 4) is 5.75 Å². The molecule has 1 aromatic rings. The fraction of sp³-hybridized carbons (Fsp3) is 0.462. The Labute approximate surface area is 116 Å². The smallest absolute Gasteiger partial charge is 0.272 e. The number of halogens is 2. The minimum atomic E-state index is -2.52. The molecule has 0 aliphatic carbocycles. The van der Waals surface area contributed by atoms with E-state index in [2.05, 4.69) is 5.32 Å². The van der Waals surface area contributed by atoms with E-state index in [1.165, 1.54) is 7.11 Å². The van der Waals surface area contributed by atoms with Crippen LogP contribution in [0.1, 0.15) is 5.56 Å². The van der Waals surface area contributed by atoms with Crippen molar-refractivity contribution < 1.29 is 23.0 Å². The highest BCUT2D eigenvalue weighted by Gasteiger charge is 2.12. The van der Waals surface area contributed by atoms with Gasteiger partial charge in [0.15, 0.2) is 0 Å². The van der Waals surface area contributed by atoms with E-state index in [1.807, 2.05) is 0 Å². The zero-order chi connectivity index (χ0) is 15.0. The number of rotatable bonds is 8. The first kappa shape index (κ1) is 16.3. The van der Waals surface area contributed by atoms with E-state index in [9.17, 15) is 13.6 Å². The number of alkyl halides is 2. The molecular formula is C13H18F2N2O3. The molecule has 0 saturated carbocycles. The summed E-state index contributed by atoms with van der Waals surface area (Å²) in [6.45, 7) is -0.292. The summed E-state index contributed by atoms with van der Waals surface area (Å²) >= 11 is 0. The number of carbonyl (C=O) groups is 1. The maximum Gasteiger partial charge on any atom is 0.272 e. The van der Waals surface area contributed by atoms with Crippen LogP contribution in [-0.4, -0.2) is 38.7 Å². The highest BCUT2D eigenvalue weighted by molar-refractivity contribution is 5.81. The lowest BCUT2D eigenvalue weighted by molar-refractivity contribution is -0.123. The van der Waals surface area contributed by atoms with Crippen LogP contribution in [0.2, 0.25) is 0 Å². The van der Waals surface area contributed by atoms with Gasteiger partial charge < -0.3 is 20.5 Å². The predicted octanol–water partition coefficient (Wildman–Crippen LogP) is 0.920. The molecule has 0 bridgehead atoms. The molecule has 7 heteroatoms. The third kappa shape index (κ3) is 5.94. The van der Waals surface area contributed by atoms with Gasteiger partial charge in [0.2, 0.25) is 5.91 Å². The number of carbonyl (C=O) groups excluding carboxylic acids is 1. The highest BCUT2D eigenvalue weighted by atomic mass is 19.3. The molecule has 1 amide bonds. The number of amides is 1. The second-order valence-electron chi connectivity index (χ2n) is 4.13. The number of nitrogens with two attached hydrogens (primary N) is 1. The van der Waals surface area contributed by atoms with Crippen molar-refractivity contribution in [2.45, 2.75) is 19.0 Å². The van der Waals surface area contributed by atoms with Crippen molar-refractivity contribution in [3.63, 3.8) is 0 Å². The lowest BCUT2D eigenvalue weighted by atomic mass is 10.2. The minimum Gasteiger partial charge on any atom is -0.488 e. The average molecular weight is 288 g/mol. The molecule has 0 fully saturated rings. The van der Waals surface area contributed by atoms with E-state index in [1.54, 1.807) is 24.3 Å². The van der Waals surface area contributed by atoms with Crippen molar-refractivity contribution in [1.29, 1.82) is 0 Å². The fourth-order valence-electron chi connectivity index (χ4n) is 1.48. The fourth-order valence-corrected chi connectivity index (χ4v) is 1.48. The number of hydrogen-bond acceptors (Lipinski definition) is 4. The van der Waals surface area contributed by atoms with Gasteiger partial charge in [-0.2, -0.15) is 0 Å². The van der Waals surface area contributed by atoms with Crippen LogP contribution in [0, 0.1) is 0 Å². The van der Waals surface area contributed by atoms with Crippen molar-refractivity contribution in [3.05, 3.63) is 29.8 Å². The SMILES string of the molecule is COCC(N)C(=O)NCc1cccc(OCC(F)F)c1. The van der Waals surface area contributed by atoms with Crippen molar-refractivity contribution in [2.24, 2.45) is 5.73 Å². The third-order valence-corrected chi connectivity index (χ3v) is 2.42. The first-order chi connectivity index (χ1) is 9.52. The predicted molar refractivity (Wildman–Crippen MR) is 69.6 cm³/mol. The van der Waals surface area contributed by atoms with Crippen LogP contribution >= 0.6 is 0 Å². The Hall–Kier alpha value is -1.73. The lowest BCUT2D eigenvalue weighted by Gasteiger charge is -2.12. The van der Waals surface area contributed by atoms with Crippen LogP contribution in [0.5, 0.6) is 5.75 Å². The Kier molecular flexibility index (Phi) is 6.89. The molecule has 0 spiro atoms. The molecule has 1 atom stereocenters. The molecule has 0 radical (unpaired) electrons. The molecule has 20 heavy (non-hydrogen) atoms. The molecule has 5 nitrogen and oxygen atoms in total. The Morgan fingerprint density at radius 2 is 2.15 bits per heavy atom. The summed E-state index contributed by atoms with van der Waals surface area (Å²) in [5, 5.41) is 2.63. The van der Waals surface area contributed by atoms with Gasteiger partial charge >= 0.3 is 0 Å². The zero-order valence-electron chi connectivity index (χ0n) is 11.1. The standard InChI is InChI=1S/C13H18F2N2O3/c1-19-7-11(16)13(18)17-6-9-3-2-4-10(5-9)20-8-12(14)15/h2-5,11-12H,6-8,16H2,1H3,(H,17,18). The largest absolute Gasteiger partial charge is 0.488 e. The molecular weight excluding hydrogens is 270 g/mol. The van der Waals surface area contributed by atoms with Gasteiger partial charge in [-0.1, -0.05) is 12.1 Å². The summed E-state index contributed by atoms with van der Waals surface area (Å²) in [4.78, 5) is 11.6. The van der Waals surface area contributed by atoms with Gasteiger partial charge in [0.05, 0.1) is 6.61 Å². The van der Waals surface area contributed by atoms with E-state index in [0.29, 0.717) is 5.75 Å². The van der Waals surface area contributed by atoms with Crippen molar-refractivity contribution >= 4 is 5.91 Å². The maximum atomic E-state index is 12.0. The number of ether oxygens (including phenoxy) is 2. The Morgan fingerprint density at radius 3 is 2.80 bits per heavy atom. The molecule has 3 N–H and O–H groups in total. The van der Waals surface area contributed by atoms with Crippen LogP contribution in [0.25, 0.3) is 0 Å². The van der Waals surface area contributed by atoms with Gasteiger partial charge in [-0.3, -0.25) is 4.79 Å². The molecule has 0 aliphatic rings. The number of hydrogen-bond donors (Lipinski definition) is 2. The topological polar surface area (TPSA) is 73.6 Å². The number of methoxy groups -OCH3 is 1. The van der Waals surface area contributed by atoms with Gasteiger partial charge in [-0.15, -0.1) is 0 Å². The summed E-state index contributed by atoms with van der Waals surface area (Å²) in [5.41, 5.74) is 6.29. The number of benzene rings is 1. The lowest BCUT2D eigenvalue weighted by Crippen LogP contribution is -2.43. The summed E-state index contributed by atoms with van der Waals surface area (Å²) in [6, 6.07) is 5.84. The summed E-state index contributed by atoms with van der Waals surface area (Å²) in [5.74, 6) is -0.0102. The van der Waals surface area contributed by atoms with Gasteiger partial charge in [-0.25, -0.2) is 8.78 Å². The quantitative estimate of drug-likeness (QED) is 0.746. The monoisotopic (exact) mass is 288 g/mol. The molecule has 0 heterocycles. The van der Waals surface area contributed by atoms with Gasteiger partial charge in [0.1, 0.15) is 18.4 Å². The van der Waals surface area contributed by atoms with Gasteiger partial charge in [0.25, 0.3) is 6.43 Å². The van der Waals surface area contributed by atoms with Gasteiger partial charge in [-0.05, 0) is 17.7 Å². The van der Waals surface area contributed by atoms with Crippen molar-refractivity contribution in [2.75, 3.05) is 20.3 Å². The average Bonchev–Trinajstić information content (AvgIpc) is 2.43. The molecule has 0 saturated heterocycles. The Balaban J connectivity index is 2.47. The second kappa shape index (κ2) is 8.44.